The molecule has 0 aliphatic heterocycles. The number of alkyl halides is 3. The van der Waals surface area contributed by atoms with Gasteiger partial charge in [0.15, 0.2) is 0 Å². The molecule has 0 aromatic heterocycles. The van der Waals surface area contributed by atoms with Crippen molar-refractivity contribution >= 4 is 17.5 Å². The molecule has 0 saturated carbocycles. The highest BCUT2D eigenvalue weighted by Gasteiger charge is 2.32. The van der Waals surface area contributed by atoms with Crippen molar-refractivity contribution in [2.75, 3.05) is 11.9 Å². The zero-order chi connectivity index (χ0) is 18.7. The Hall–Kier alpha value is -2.09. The van der Waals surface area contributed by atoms with E-state index in [1.807, 2.05) is 0 Å². The van der Waals surface area contributed by atoms with E-state index >= 15 is 0 Å². The summed E-state index contributed by atoms with van der Waals surface area (Å²) in [6.45, 7) is 6.44. The SMILES string of the molecule is Cc1ccc(NC(=O)C(=O)NCC(O)C(C)(C)C)cc1C(F)(F)F. The number of carbonyl (C=O) groups is 2. The molecule has 24 heavy (non-hydrogen) atoms. The lowest BCUT2D eigenvalue weighted by atomic mass is 9.89. The van der Waals surface area contributed by atoms with Gasteiger partial charge in [-0.2, -0.15) is 13.2 Å². The van der Waals surface area contributed by atoms with Crippen molar-refractivity contribution in [1.29, 1.82) is 0 Å². The number of aliphatic hydroxyl groups excluding tert-OH is 1. The topological polar surface area (TPSA) is 78.4 Å². The molecule has 1 atom stereocenters. The van der Waals surface area contributed by atoms with Crippen LogP contribution in [-0.2, 0) is 15.8 Å². The van der Waals surface area contributed by atoms with Crippen molar-refractivity contribution in [2.45, 2.75) is 40.0 Å². The summed E-state index contributed by atoms with van der Waals surface area (Å²) in [5, 5.41) is 14.1. The standard InChI is InChI=1S/C16H21F3N2O3/c1-9-5-6-10(7-11(9)16(17,18)19)21-14(24)13(23)20-8-12(22)15(2,3)4/h5-7,12,22H,8H2,1-4H3,(H,20,23)(H,21,24). The van der Waals surface area contributed by atoms with E-state index < -0.39 is 35.1 Å². The number of benzene rings is 1. The summed E-state index contributed by atoms with van der Waals surface area (Å²) in [5.74, 6) is -2.14. The lowest BCUT2D eigenvalue weighted by Crippen LogP contribution is -2.43. The van der Waals surface area contributed by atoms with Crippen LogP contribution in [0, 0.1) is 12.3 Å². The highest BCUT2D eigenvalue weighted by molar-refractivity contribution is 6.39. The van der Waals surface area contributed by atoms with Gasteiger partial charge in [-0.1, -0.05) is 26.8 Å². The molecule has 8 heteroatoms. The molecule has 1 unspecified atom stereocenters. The Labute approximate surface area is 138 Å². The Morgan fingerprint density at radius 2 is 1.75 bits per heavy atom. The van der Waals surface area contributed by atoms with E-state index in [1.54, 1.807) is 20.8 Å². The number of amides is 2. The molecule has 3 N–H and O–H groups in total. The first-order valence-corrected chi connectivity index (χ1v) is 7.27. The smallest absolute Gasteiger partial charge is 0.391 e. The molecule has 0 bridgehead atoms. The Morgan fingerprint density at radius 3 is 2.25 bits per heavy atom. The van der Waals surface area contributed by atoms with Crippen LogP contribution in [-0.4, -0.2) is 29.6 Å². The van der Waals surface area contributed by atoms with Crippen molar-refractivity contribution in [1.82, 2.24) is 5.32 Å². The van der Waals surface area contributed by atoms with E-state index in [4.69, 9.17) is 0 Å². The quantitative estimate of drug-likeness (QED) is 0.736. The van der Waals surface area contributed by atoms with E-state index in [0.29, 0.717) is 0 Å². The molecule has 0 spiro atoms. The number of aliphatic hydroxyl groups is 1. The van der Waals surface area contributed by atoms with Gasteiger partial charge in [0.25, 0.3) is 0 Å². The molecule has 0 aliphatic carbocycles. The molecule has 5 nitrogen and oxygen atoms in total. The lowest BCUT2D eigenvalue weighted by Gasteiger charge is -2.25. The Balaban J connectivity index is 2.73. The predicted octanol–water partition coefficient (Wildman–Crippen LogP) is 2.48. The highest BCUT2D eigenvalue weighted by atomic mass is 19.4. The van der Waals surface area contributed by atoms with Crippen LogP contribution in [0.4, 0.5) is 18.9 Å². The second kappa shape index (κ2) is 7.21. The first kappa shape index (κ1) is 20.0. The summed E-state index contributed by atoms with van der Waals surface area (Å²) in [5.41, 5.74) is -1.49. The molecule has 0 radical (unpaired) electrons. The van der Waals surface area contributed by atoms with Gasteiger partial charge < -0.3 is 15.7 Å². The highest BCUT2D eigenvalue weighted by Crippen LogP contribution is 2.33. The number of anilines is 1. The van der Waals surface area contributed by atoms with Gasteiger partial charge in [0.05, 0.1) is 11.7 Å². The van der Waals surface area contributed by atoms with Crippen LogP contribution < -0.4 is 10.6 Å². The second-order valence-corrected chi connectivity index (χ2v) is 6.57. The first-order valence-electron chi connectivity index (χ1n) is 7.27. The average molecular weight is 346 g/mol. The molecule has 0 saturated heterocycles. The van der Waals surface area contributed by atoms with E-state index in [0.717, 1.165) is 6.07 Å². The van der Waals surface area contributed by atoms with Crippen molar-refractivity contribution in [2.24, 2.45) is 5.41 Å². The number of rotatable bonds is 3. The molecular weight excluding hydrogens is 325 g/mol. The minimum atomic E-state index is -4.55. The summed E-state index contributed by atoms with van der Waals surface area (Å²) in [6, 6.07) is 3.25. The van der Waals surface area contributed by atoms with Gasteiger partial charge in [-0.3, -0.25) is 9.59 Å². The van der Waals surface area contributed by atoms with Gasteiger partial charge in [0, 0.05) is 12.2 Å². The van der Waals surface area contributed by atoms with Crippen molar-refractivity contribution in [3.63, 3.8) is 0 Å². The Kier molecular flexibility index (Phi) is 5.99. The van der Waals surface area contributed by atoms with Crippen molar-refractivity contribution < 1.29 is 27.9 Å². The number of nitrogens with one attached hydrogen (secondary N) is 2. The molecule has 0 fully saturated rings. The molecule has 134 valence electrons. The van der Waals surface area contributed by atoms with Gasteiger partial charge >= 0.3 is 18.0 Å². The van der Waals surface area contributed by atoms with Gasteiger partial charge in [0.1, 0.15) is 0 Å². The van der Waals surface area contributed by atoms with Crippen LogP contribution in [0.2, 0.25) is 0 Å². The van der Waals surface area contributed by atoms with Crippen molar-refractivity contribution in [3.8, 4) is 0 Å². The lowest BCUT2D eigenvalue weighted by molar-refractivity contribution is -0.138. The minimum Gasteiger partial charge on any atom is -0.391 e. The number of carbonyl (C=O) groups excluding carboxylic acids is 2. The maximum atomic E-state index is 12.8. The third-order valence-electron chi connectivity index (χ3n) is 3.46. The van der Waals surface area contributed by atoms with E-state index in [1.165, 1.54) is 19.1 Å². The van der Waals surface area contributed by atoms with Crippen molar-refractivity contribution in [3.05, 3.63) is 29.3 Å². The summed E-state index contributed by atoms with van der Waals surface area (Å²) in [7, 11) is 0. The van der Waals surface area contributed by atoms with Gasteiger partial charge in [-0.05, 0) is 30.0 Å². The molecular formula is C16H21F3N2O3. The summed E-state index contributed by atoms with van der Waals surface area (Å²) in [4.78, 5) is 23.4. The van der Waals surface area contributed by atoms with E-state index in [9.17, 15) is 27.9 Å². The number of halogens is 3. The zero-order valence-electron chi connectivity index (χ0n) is 13.9. The average Bonchev–Trinajstić information content (AvgIpc) is 2.43. The van der Waals surface area contributed by atoms with Crippen LogP contribution in [0.5, 0.6) is 0 Å². The van der Waals surface area contributed by atoms with Gasteiger partial charge in [-0.25, -0.2) is 0 Å². The molecule has 1 rings (SSSR count). The molecule has 0 aliphatic rings. The summed E-state index contributed by atoms with van der Waals surface area (Å²) >= 11 is 0. The molecule has 1 aromatic carbocycles. The monoisotopic (exact) mass is 346 g/mol. The number of hydrogen-bond donors (Lipinski definition) is 3. The van der Waals surface area contributed by atoms with Crippen LogP contribution in [0.1, 0.15) is 31.9 Å². The van der Waals surface area contributed by atoms with E-state index in [-0.39, 0.29) is 17.8 Å². The number of hydrogen-bond acceptors (Lipinski definition) is 3. The maximum absolute atomic E-state index is 12.8. The van der Waals surface area contributed by atoms with Crippen LogP contribution in [0.3, 0.4) is 0 Å². The summed E-state index contributed by atoms with van der Waals surface area (Å²) < 4.78 is 38.5. The van der Waals surface area contributed by atoms with Crippen LogP contribution in [0.15, 0.2) is 18.2 Å². The molecule has 2 amide bonds. The largest absolute Gasteiger partial charge is 0.416 e. The normalized spacial score (nSPS) is 13.3. The van der Waals surface area contributed by atoms with E-state index in [2.05, 4.69) is 10.6 Å². The second-order valence-electron chi connectivity index (χ2n) is 6.57. The number of aryl methyl sites for hydroxylation is 1. The minimum absolute atomic E-state index is 0.0123. The Bertz CT molecular complexity index is 622. The maximum Gasteiger partial charge on any atom is 0.416 e. The third kappa shape index (κ3) is 5.52. The molecule has 1 aromatic rings. The predicted molar refractivity (Wildman–Crippen MR) is 83.3 cm³/mol. The zero-order valence-corrected chi connectivity index (χ0v) is 13.9. The Morgan fingerprint density at radius 1 is 1.17 bits per heavy atom. The summed E-state index contributed by atoms with van der Waals surface area (Å²) in [6.07, 6.45) is -5.42. The van der Waals surface area contributed by atoms with Gasteiger partial charge in [0.2, 0.25) is 0 Å². The van der Waals surface area contributed by atoms with Crippen LogP contribution >= 0.6 is 0 Å². The fraction of sp³-hybridized carbons (Fsp3) is 0.500. The van der Waals surface area contributed by atoms with Gasteiger partial charge in [-0.15, -0.1) is 0 Å². The first-order chi connectivity index (χ1) is 10.8. The fourth-order valence-corrected chi connectivity index (χ4v) is 1.77. The fourth-order valence-electron chi connectivity index (χ4n) is 1.77. The van der Waals surface area contributed by atoms with Crippen LogP contribution in [0.25, 0.3) is 0 Å². The molecule has 0 heterocycles. The third-order valence-corrected chi connectivity index (χ3v) is 3.46.